The van der Waals surface area contributed by atoms with E-state index in [1.54, 1.807) is 36.3 Å². The van der Waals surface area contributed by atoms with Crippen molar-refractivity contribution in [2.75, 3.05) is 25.5 Å². The minimum absolute atomic E-state index is 0.145. The molecule has 0 bridgehead atoms. The minimum atomic E-state index is -0.332. The predicted molar refractivity (Wildman–Crippen MR) is 111 cm³/mol. The number of benzene rings is 1. The summed E-state index contributed by atoms with van der Waals surface area (Å²) < 4.78 is 5.10. The Balaban J connectivity index is 2.08. The molecule has 0 radical (unpaired) electrons. The van der Waals surface area contributed by atoms with E-state index < -0.39 is 0 Å². The minimum Gasteiger partial charge on any atom is -0.497 e. The lowest BCUT2D eigenvalue weighted by atomic mass is 10.3. The van der Waals surface area contributed by atoms with E-state index >= 15 is 0 Å². The topological polar surface area (TPSA) is 71.0 Å². The Kier molecular flexibility index (Phi) is 8.39. The van der Waals surface area contributed by atoms with Gasteiger partial charge in [-0.05, 0) is 48.9 Å². The molecule has 0 aromatic heterocycles. The van der Waals surface area contributed by atoms with Crippen LogP contribution < -0.4 is 10.1 Å². The number of carbonyl (C=O) groups is 2. The van der Waals surface area contributed by atoms with Crippen LogP contribution in [0.1, 0.15) is 39.5 Å². The van der Waals surface area contributed by atoms with Crippen molar-refractivity contribution < 1.29 is 14.3 Å². The van der Waals surface area contributed by atoms with Crippen LogP contribution in [0, 0.1) is 0 Å². The molecule has 1 heterocycles. The number of thioether (sulfide) groups is 1. The molecular weight excluding hydrogens is 362 g/mol. The first-order chi connectivity index (χ1) is 13.1. The van der Waals surface area contributed by atoms with Crippen LogP contribution in [0.3, 0.4) is 0 Å². The Morgan fingerprint density at radius 2 is 1.93 bits per heavy atom. The van der Waals surface area contributed by atoms with Gasteiger partial charge in [0, 0.05) is 24.9 Å². The summed E-state index contributed by atoms with van der Waals surface area (Å²) in [5, 5.41) is 3.47. The van der Waals surface area contributed by atoms with Crippen molar-refractivity contribution in [3.05, 3.63) is 35.2 Å². The quantitative estimate of drug-likeness (QED) is 0.511. The van der Waals surface area contributed by atoms with E-state index in [2.05, 4.69) is 24.2 Å². The smallest absolute Gasteiger partial charge is 0.266 e. The molecule has 0 atom stereocenters. The normalized spacial score (nSPS) is 17.0. The number of aliphatic imine (C=N–C) groups is 1. The molecule has 27 heavy (non-hydrogen) atoms. The third-order valence-corrected chi connectivity index (χ3v) is 5.05. The average Bonchev–Trinajstić information content (AvgIpc) is 2.95. The second kappa shape index (κ2) is 10.8. The van der Waals surface area contributed by atoms with Crippen LogP contribution >= 0.6 is 11.8 Å². The van der Waals surface area contributed by atoms with Gasteiger partial charge in [-0.2, -0.15) is 0 Å². The molecule has 1 N–H and O–H groups in total. The van der Waals surface area contributed by atoms with Gasteiger partial charge in [0.05, 0.1) is 12.0 Å². The summed E-state index contributed by atoms with van der Waals surface area (Å²) >= 11 is 1.28. The number of hydrogen-bond acceptors (Lipinski definition) is 5. The highest BCUT2D eigenvalue weighted by molar-refractivity contribution is 8.18. The standard InChI is InChI=1S/C20H27N3O3S/c1-4-6-12-21-20-23(13-7-5-2)19(25)17(27-20)14-18(24)22-15-8-10-16(26-3)11-9-15/h8-11,14H,4-7,12-13H2,1-3H3,(H,22,24)/b17-14+,21-20?. The van der Waals surface area contributed by atoms with Gasteiger partial charge in [-0.1, -0.05) is 26.7 Å². The van der Waals surface area contributed by atoms with E-state index in [4.69, 9.17) is 4.74 Å². The van der Waals surface area contributed by atoms with Crippen LogP contribution in [0.25, 0.3) is 0 Å². The van der Waals surface area contributed by atoms with Gasteiger partial charge < -0.3 is 10.1 Å². The summed E-state index contributed by atoms with van der Waals surface area (Å²) in [6.07, 6.45) is 5.30. The number of nitrogens with one attached hydrogen (secondary N) is 1. The summed E-state index contributed by atoms with van der Waals surface area (Å²) in [7, 11) is 1.59. The lowest BCUT2D eigenvalue weighted by molar-refractivity contribution is -0.122. The highest BCUT2D eigenvalue weighted by atomic mass is 32.2. The lowest BCUT2D eigenvalue weighted by Crippen LogP contribution is -2.30. The number of nitrogens with zero attached hydrogens (tertiary/aromatic N) is 2. The molecule has 0 saturated carbocycles. The van der Waals surface area contributed by atoms with Crippen molar-refractivity contribution in [3.63, 3.8) is 0 Å². The van der Waals surface area contributed by atoms with Crippen LogP contribution in [-0.2, 0) is 9.59 Å². The van der Waals surface area contributed by atoms with E-state index in [1.807, 2.05) is 0 Å². The molecule has 0 spiro atoms. The lowest BCUT2D eigenvalue weighted by Gasteiger charge is -2.14. The van der Waals surface area contributed by atoms with Gasteiger partial charge in [-0.15, -0.1) is 0 Å². The van der Waals surface area contributed by atoms with E-state index in [0.717, 1.165) is 25.7 Å². The summed E-state index contributed by atoms with van der Waals surface area (Å²) in [5.74, 6) is 0.238. The first-order valence-corrected chi connectivity index (χ1v) is 10.1. The number of anilines is 1. The molecule has 1 saturated heterocycles. The predicted octanol–water partition coefficient (Wildman–Crippen LogP) is 4.05. The summed E-state index contributed by atoms with van der Waals surface area (Å²) in [5.41, 5.74) is 0.646. The first-order valence-electron chi connectivity index (χ1n) is 9.30. The molecule has 7 heteroatoms. The summed E-state index contributed by atoms with van der Waals surface area (Å²) in [6, 6.07) is 7.04. The van der Waals surface area contributed by atoms with Gasteiger partial charge in [0.2, 0.25) is 5.91 Å². The van der Waals surface area contributed by atoms with Crippen LogP contribution in [-0.4, -0.2) is 42.1 Å². The molecule has 1 fully saturated rings. The van der Waals surface area contributed by atoms with Crippen molar-refractivity contribution >= 4 is 34.4 Å². The van der Waals surface area contributed by atoms with E-state index in [0.29, 0.717) is 34.6 Å². The van der Waals surface area contributed by atoms with E-state index in [1.165, 1.54) is 17.8 Å². The number of amides is 2. The molecule has 146 valence electrons. The van der Waals surface area contributed by atoms with E-state index in [-0.39, 0.29) is 11.8 Å². The SMILES string of the molecule is CCCCN=C1S/C(=C/C(=O)Nc2ccc(OC)cc2)C(=O)N1CCCC. The molecule has 0 unspecified atom stereocenters. The number of amidine groups is 1. The van der Waals surface area contributed by atoms with Gasteiger partial charge in [0.15, 0.2) is 5.17 Å². The van der Waals surface area contributed by atoms with Crippen molar-refractivity contribution in [1.82, 2.24) is 4.90 Å². The van der Waals surface area contributed by atoms with E-state index in [9.17, 15) is 9.59 Å². The Morgan fingerprint density at radius 1 is 1.22 bits per heavy atom. The summed E-state index contributed by atoms with van der Waals surface area (Å²) in [4.78, 5) is 31.7. The second-order valence-corrected chi connectivity index (χ2v) is 7.17. The molecule has 1 aromatic rings. The van der Waals surface area contributed by atoms with Crippen molar-refractivity contribution in [3.8, 4) is 5.75 Å². The van der Waals surface area contributed by atoms with Gasteiger partial charge in [0.1, 0.15) is 5.75 Å². The number of ether oxygens (including phenoxy) is 1. The fourth-order valence-corrected chi connectivity index (χ4v) is 3.44. The maximum atomic E-state index is 12.7. The fourth-order valence-electron chi connectivity index (χ4n) is 2.44. The highest BCUT2D eigenvalue weighted by Crippen LogP contribution is 2.31. The zero-order valence-electron chi connectivity index (χ0n) is 16.2. The van der Waals surface area contributed by atoms with Gasteiger partial charge in [0.25, 0.3) is 5.91 Å². The Labute approximate surface area is 165 Å². The Bertz CT molecular complexity index is 714. The van der Waals surface area contributed by atoms with Crippen molar-refractivity contribution in [1.29, 1.82) is 0 Å². The summed E-state index contributed by atoms with van der Waals surface area (Å²) in [6.45, 7) is 5.52. The third kappa shape index (κ3) is 6.13. The molecule has 0 aliphatic carbocycles. The van der Waals surface area contributed by atoms with Crippen LogP contribution in [0.5, 0.6) is 5.75 Å². The van der Waals surface area contributed by atoms with Crippen LogP contribution in [0.4, 0.5) is 5.69 Å². The number of carbonyl (C=O) groups excluding carboxylic acids is 2. The number of hydrogen-bond donors (Lipinski definition) is 1. The molecule has 2 amide bonds. The Hall–Kier alpha value is -2.28. The van der Waals surface area contributed by atoms with Crippen molar-refractivity contribution in [2.45, 2.75) is 39.5 Å². The van der Waals surface area contributed by atoms with Gasteiger partial charge >= 0.3 is 0 Å². The maximum Gasteiger partial charge on any atom is 0.266 e. The second-order valence-electron chi connectivity index (χ2n) is 6.16. The van der Waals surface area contributed by atoms with Crippen LogP contribution in [0.15, 0.2) is 40.2 Å². The van der Waals surface area contributed by atoms with Crippen molar-refractivity contribution in [2.24, 2.45) is 4.99 Å². The average molecular weight is 390 g/mol. The van der Waals surface area contributed by atoms with Gasteiger partial charge in [-0.25, -0.2) is 0 Å². The monoisotopic (exact) mass is 389 g/mol. The Morgan fingerprint density at radius 3 is 2.56 bits per heavy atom. The molecule has 1 aromatic carbocycles. The molecule has 1 aliphatic heterocycles. The molecule has 1 aliphatic rings. The molecule has 2 rings (SSSR count). The maximum absolute atomic E-state index is 12.7. The third-order valence-electron chi connectivity index (χ3n) is 4.00. The zero-order chi connectivity index (χ0) is 19.6. The fraction of sp³-hybridized carbons (Fsp3) is 0.450. The number of unbranched alkanes of at least 4 members (excludes halogenated alkanes) is 2. The number of rotatable bonds is 9. The largest absolute Gasteiger partial charge is 0.497 e. The first kappa shape index (κ1) is 21.0. The number of methoxy groups -OCH3 is 1. The molecule has 6 nitrogen and oxygen atoms in total. The highest BCUT2D eigenvalue weighted by Gasteiger charge is 2.33. The zero-order valence-corrected chi connectivity index (χ0v) is 17.0. The van der Waals surface area contributed by atoms with Gasteiger partial charge in [-0.3, -0.25) is 19.5 Å². The van der Waals surface area contributed by atoms with Crippen LogP contribution in [0.2, 0.25) is 0 Å². The molecular formula is C20H27N3O3S.